The fourth-order valence-corrected chi connectivity index (χ4v) is 6.72. The molecule has 46 heavy (non-hydrogen) atoms. The molecule has 0 spiro atoms. The molecule has 3 N–H and O–H groups in total. The number of nitrogens with zero attached hydrogens (tertiary/aromatic N) is 3. The van der Waals surface area contributed by atoms with Crippen LogP contribution in [-0.2, 0) is 25.3 Å². The van der Waals surface area contributed by atoms with Crippen LogP contribution < -0.4 is 26.6 Å². The molecule has 6 rings (SSSR count). The summed E-state index contributed by atoms with van der Waals surface area (Å²) >= 11 is 13.8. The number of aliphatic hydroxyl groups is 1. The molecule has 0 radical (unpaired) electrons. The van der Waals surface area contributed by atoms with E-state index in [1.807, 2.05) is 24.3 Å². The second kappa shape index (κ2) is 13.0. The minimum Gasteiger partial charge on any atom is -0.481 e. The molecule has 11 nitrogen and oxygen atoms in total. The molecule has 3 heterocycles. The van der Waals surface area contributed by atoms with Gasteiger partial charge >= 0.3 is 5.69 Å². The number of carbonyl (C=O) groups excluding carboxylic acids is 1. The number of amides is 1. The van der Waals surface area contributed by atoms with Gasteiger partial charge in [-0.2, -0.15) is 0 Å². The summed E-state index contributed by atoms with van der Waals surface area (Å²) in [5.41, 5.74) is 2.88. The van der Waals surface area contributed by atoms with Crippen molar-refractivity contribution in [2.24, 2.45) is 20.0 Å². The molecule has 1 saturated heterocycles. The highest BCUT2D eigenvalue weighted by atomic mass is 35.5. The fourth-order valence-electron chi connectivity index (χ4n) is 6.12. The summed E-state index contributed by atoms with van der Waals surface area (Å²) in [6.45, 7) is 2.19. The van der Waals surface area contributed by atoms with Crippen LogP contribution in [0.25, 0.3) is 22.4 Å². The monoisotopic (exact) mass is 665 g/mol. The van der Waals surface area contributed by atoms with Crippen LogP contribution in [0, 0.1) is 5.92 Å². The number of pyridine rings is 1. The Balaban J connectivity index is 1.32. The van der Waals surface area contributed by atoms with Crippen molar-refractivity contribution in [3.05, 3.63) is 96.2 Å². The number of benzene rings is 2. The van der Waals surface area contributed by atoms with E-state index in [2.05, 4.69) is 10.6 Å². The topological polar surface area (TPSA) is 137 Å². The highest BCUT2D eigenvalue weighted by Gasteiger charge is 2.36. The number of methoxy groups -OCH3 is 1. The second-order valence-corrected chi connectivity index (χ2v) is 12.3. The van der Waals surface area contributed by atoms with E-state index in [9.17, 15) is 19.5 Å². The lowest BCUT2D eigenvalue weighted by atomic mass is 9.99. The summed E-state index contributed by atoms with van der Waals surface area (Å²) < 4.78 is 13.2. The van der Waals surface area contributed by atoms with Gasteiger partial charge in [0, 0.05) is 62.1 Å². The average Bonchev–Trinajstić information content (AvgIpc) is 3.68. The Morgan fingerprint density at radius 2 is 1.83 bits per heavy atom. The first-order valence-corrected chi connectivity index (χ1v) is 15.6. The Bertz CT molecular complexity index is 1950. The van der Waals surface area contributed by atoms with Gasteiger partial charge in [0.2, 0.25) is 5.88 Å². The van der Waals surface area contributed by atoms with Gasteiger partial charge in [0.25, 0.3) is 11.5 Å². The highest BCUT2D eigenvalue weighted by molar-refractivity contribution is 6.39. The molecular weight excluding hydrogens is 633 g/mol. The van der Waals surface area contributed by atoms with Gasteiger partial charge < -0.3 is 29.8 Å². The Kier molecular flexibility index (Phi) is 9.04. The molecule has 2 aromatic carbocycles. The van der Waals surface area contributed by atoms with Gasteiger partial charge in [-0.05, 0) is 30.0 Å². The van der Waals surface area contributed by atoms with Crippen molar-refractivity contribution in [2.45, 2.75) is 25.0 Å². The largest absolute Gasteiger partial charge is 0.481 e. The molecular formula is C33H33Cl2N5O6. The molecule has 4 aromatic rings. The summed E-state index contributed by atoms with van der Waals surface area (Å²) in [7, 11) is 4.32. The molecule has 0 bridgehead atoms. The van der Waals surface area contributed by atoms with E-state index < -0.39 is 23.3 Å². The van der Waals surface area contributed by atoms with E-state index in [1.165, 1.54) is 20.3 Å². The molecule has 240 valence electrons. The molecule has 1 aliphatic heterocycles. The molecule has 1 aliphatic carbocycles. The van der Waals surface area contributed by atoms with Crippen LogP contribution in [0.15, 0.2) is 58.3 Å². The van der Waals surface area contributed by atoms with Crippen LogP contribution in [0.2, 0.25) is 10.0 Å². The van der Waals surface area contributed by atoms with Crippen molar-refractivity contribution in [1.29, 1.82) is 0 Å². The lowest BCUT2D eigenvalue weighted by Gasteiger charge is -2.21. The number of aryl methyl sites for hydroxylation is 1. The Labute approximate surface area is 274 Å². The van der Waals surface area contributed by atoms with Gasteiger partial charge in [0.1, 0.15) is 5.56 Å². The predicted molar refractivity (Wildman–Crippen MR) is 176 cm³/mol. The van der Waals surface area contributed by atoms with Crippen LogP contribution in [0.5, 0.6) is 5.88 Å². The lowest BCUT2D eigenvalue weighted by Crippen LogP contribution is -2.40. The summed E-state index contributed by atoms with van der Waals surface area (Å²) in [4.78, 5) is 42.6. The molecule has 1 amide bonds. The van der Waals surface area contributed by atoms with Gasteiger partial charge in [-0.25, -0.2) is 9.78 Å². The highest BCUT2D eigenvalue weighted by Crippen LogP contribution is 2.44. The summed E-state index contributed by atoms with van der Waals surface area (Å²) in [5.74, 6) is 0.102. The van der Waals surface area contributed by atoms with Crippen LogP contribution in [0.3, 0.4) is 0 Å². The maximum absolute atomic E-state index is 13.1. The van der Waals surface area contributed by atoms with Crippen LogP contribution in [0.1, 0.15) is 33.9 Å². The Hall–Kier alpha value is -4.00. The predicted octanol–water partition coefficient (Wildman–Crippen LogP) is 3.96. The first-order valence-electron chi connectivity index (χ1n) is 14.8. The number of fused-ring (bicyclic) bond motifs is 1. The number of halogens is 2. The number of aromatic nitrogens is 3. The third-order valence-electron chi connectivity index (χ3n) is 8.58. The molecule has 2 aliphatic rings. The maximum Gasteiger partial charge on any atom is 0.330 e. The van der Waals surface area contributed by atoms with Crippen molar-refractivity contribution >= 4 is 34.8 Å². The summed E-state index contributed by atoms with van der Waals surface area (Å²) in [5, 5.41) is 17.8. The van der Waals surface area contributed by atoms with E-state index in [0.29, 0.717) is 52.2 Å². The fraction of sp³-hybridized carbons (Fsp3) is 0.333. The molecule has 0 saturated carbocycles. The number of ether oxygens (including phenoxy) is 2. The maximum atomic E-state index is 13.1. The van der Waals surface area contributed by atoms with Gasteiger partial charge in [-0.15, -0.1) is 0 Å². The van der Waals surface area contributed by atoms with E-state index in [4.69, 9.17) is 37.7 Å². The third kappa shape index (κ3) is 5.85. The Morgan fingerprint density at radius 1 is 1.11 bits per heavy atom. The van der Waals surface area contributed by atoms with Crippen LogP contribution >= 0.6 is 23.2 Å². The SMILES string of the molecule is COc1nc(-c2cccc(-c3cccc(NC(=O)c4cn(C)c(=O)n(C)c4=O)c3Cl)c2Cl)cc2c1[C@@H](NC[C@@H]1CCOC1)[C@@H](O)C2. The van der Waals surface area contributed by atoms with Gasteiger partial charge in [0.15, 0.2) is 0 Å². The standard InChI is InChI=1S/C33H33Cl2N5O6/c1-39-15-22(32(43)40(2)33(39)44)30(42)37-23-9-5-7-20(28(23)35)19-6-4-8-21(27(19)34)24-12-18-13-25(41)29(26(18)31(38-24)45-3)36-14-17-10-11-46-16-17/h4-9,12,15,17,25,29,36,41H,10-11,13-14,16H2,1-3H3,(H,37,42)/t17-,25-,29-/m0/s1. The summed E-state index contributed by atoms with van der Waals surface area (Å²) in [6.07, 6.45) is 1.98. The molecule has 3 atom stereocenters. The molecule has 1 fully saturated rings. The second-order valence-electron chi connectivity index (χ2n) is 11.6. The van der Waals surface area contributed by atoms with Crippen molar-refractivity contribution in [1.82, 2.24) is 19.4 Å². The van der Waals surface area contributed by atoms with Gasteiger partial charge in [0.05, 0.1) is 47.3 Å². The number of nitrogens with one attached hydrogen (secondary N) is 2. The average molecular weight is 667 g/mol. The number of aliphatic hydroxyl groups excluding tert-OH is 1. The van der Waals surface area contributed by atoms with Crippen molar-refractivity contribution in [3.8, 4) is 28.3 Å². The normalized spacial score (nSPS) is 18.9. The van der Waals surface area contributed by atoms with E-state index in [-0.39, 0.29) is 22.3 Å². The zero-order chi connectivity index (χ0) is 32.7. The van der Waals surface area contributed by atoms with E-state index in [1.54, 1.807) is 25.3 Å². The quantitative estimate of drug-likeness (QED) is 0.257. The third-order valence-corrected chi connectivity index (χ3v) is 9.40. The van der Waals surface area contributed by atoms with Crippen molar-refractivity contribution < 1.29 is 19.4 Å². The molecule has 2 aromatic heterocycles. The number of rotatable bonds is 8. The first-order chi connectivity index (χ1) is 22.1. The van der Waals surface area contributed by atoms with Crippen molar-refractivity contribution in [3.63, 3.8) is 0 Å². The van der Waals surface area contributed by atoms with Crippen LogP contribution in [-0.4, -0.2) is 58.1 Å². The molecule has 0 unspecified atom stereocenters. The lowest BCUT2D eigenvalue weighted by molar-refractivity contribution is 0.102. The van der Waals surface area contributed by atoms with E-state index >= 15 is 0 Å². The number of hydrogen-bond acceptors (Lipinski definition) is 8. The van der Waals surface area contributed by atoms with Crippen LogP contribution in [0.4, 0.5) is 5.69 Å². The first kappa shape index (κ1) is 32.0. The smallest absolute Gasteiger partial charge is 0.330 e. The van der Waals surface area contributed by atoms with Gasteiger partial charge in [-0.1, -0.05) is 53.5 Å². The Morgan fingerprint density at radius 3 is 2.54 bits per heavy atom. The summed E-state index contributed by atoms with van der Waals surface area (Å²) in [6, 6.07) is 12.2. The zero-order valence-electron chi connectivity index (χ0n) is 25.5. The van der Waals surface area contributed by atoms with Gasteiger partial charge in [-0.3, -0.25) is 14.2 Å². The number of carbonyl (C=O) groups is 1. The number of anilines is 1. The zero-order valence-corrected chi connectivity index (χ0v) is 27.0. The minimum absolute atomic E-state index is 0.209. The van der Waals surface area contributed by atoms with Crippen molar-refractivity contribution in [2.75, 3.05) is 32.2 Å². The molecule has 13 heteroatoms. The number of hydrogen-bond donors (Lipinski definition) is 3. The minimum atomic E-state index is -0.723. The van der Waals surface area contributed by atoms with E-state index in [0.717, 1.165) is 39.8 Å².